The fraction of sp³-hybridized carbons (Fsp3) is 0. The van der Waals surface area contributed by atoms with E-state index in [1.54, 1.807) is 0 Å². The zero-order valence-electron chi connectivity index (χ0n) is 5.51. The number of aliphatic carboxylic acids is 2. The lowest BCUT2D eigenvalue weighted by Crippen LogP contribution is -2.27. The first kappa shape index (κ1) is 8.05. The molecule has 0 saturated heterocycles. The lowest BCUT2D eigenvalue weighted by Gasteiger charge is -1.90. The zero-order valence-corrected chi connectivity index (χ0v) is 5.51. The first-order chi connectivity index (χ1) is 5.52. The number of rotatable bonds is 2. The molecule has 0 bridgehead atoms. The maximum atomic E-state index is 10.4. The van der Waals surface area contributed by atoms with Crippen molar-refractivity contribution in [2.75, 3.05) is 0 Å². The molecule has 0 unspecified atom stereocenters. The molecule has 7 nitrogen and oxygen atoms in total. The van der Waals surface area contributed by atoms with Gasteiger partial charge in [0.15, 0.2) is 11.4 Å². The third kappa shape index (κ3) is 1.19. The van der Waals surface area contributed by atoms with Gasteiger partial charge < -0.3 is 10.2 Å². The summed E-state index contributed by atoms with van der Waals surface area (Å²) in [5.41, 5.74) is -1.65. The Hall–Kier alpha value is -2.05. The highest BCUT2D eigenvalue weighted by atomic mass is 16.4. The van der Waals surface area contributed by atoms with Crippen molar-refractivity contribution in [2.45, 2.75) is 0 Å². The molecule has 1 aliphatic rings. The van der Waals surface area contributed by atoms with Crippen LogP contribution in [0.15, 0.2) is 9.98 Å². The Labute approximate surface area is 65.1 Å². The van der Waals surface area contributed by atoms with Crippen molar-refractivity contribution in [1.82, 2.24) is 0 Å². The Morgan fingerprint density at radius 3 is 1.58 bits per heavy atom. The van der Waals surface area contributed by atoms with Gasteiger partial charge in [0.05, 0.1) is 0 Å². The molecule has 1 heterocycles. The molecule has 0 aromatic carbocycles. The summed E-state index contributed by atoms with van der Waals surface area (Å²) in [5.74, 6) is -3.16. The van der Waals surface area contributed by atoms with E-state index >= 15 is 0 Å². The summed E-state index contributed by atoms with van der Waals surface area (Å²) in [6.07, 6.45) is 0. The maximum Gasteiger partial charge on any atom is 0.368 e. The fourth-order valence-corrected chi connectivity index (χ4v) is 0.620. The van der Waals surface area contributed by atoms with Gasteiger partial charge in [-0.3, -0.25) is 0 Å². The third-order valence-corrected chi connectivity index (χ3v) is 1.04. The van der Waals surface area contributed by atoms with Crippen LogP contribution in [0.3, 0.4) is 0 Å². The van der Waals surface area contributed by atoms with Crippen LogP contribution < -0.4 is 0 Å². The SMILES string of the molecule is O=C1N=C(C(=O)O)C(C(=O)O)=N1. The van der Waals surface area contributed by atoms with Gasteiger partial charge in [0.2, 0.25) is 0 Å². The van der Waals surface area contributed by atoms with Gasteiger partial charge >= 0.3 is 18.0 Å². The van der Waals surface area contributed by atoms with E-state index in [4.69, 9.17) is 10.2 Å². The molecular weight excluding hydrogens is 168 g/mol. The van der Waals surface area contributed by atoms with E-state index in [1.807, 2.05) is 0 Å². The predicted molar refractivity (Wildman–Crippen MR) is 35.5 cm³/mol. The zero-order chi connectivity index (χ0) is 9.30. The highest BCUT2D eigenvalue weighted by Crippen LogP contribution is 2.00. The number of urea groups is 1. The highest BCUT2D eigenvalue weighted by Gasteiger charge is 2.30. The Morgan fingerprint density at radius 2 is 1.33 bits per heavy atom. The summed E-state index contributed by atoms with van der Waals surface area (Å²) in [6.45, 7) is 0. The highest BCUT2D eigenvalue weighted by molar-refractivity contribution is 6.81. The smallest absolute Gasteiger partial charge is 0.368 e. The van der Waals surface area contributed by atoms with Crippen molar-refractivity contribution < 1.29 is 24.6 Å². The second-order valence-electron chi connectivity index (χ2n) is 1.81. The minimum atomic E-state index is -1.58. The van der Waals surface area contributed by atoms with Crippen LogP contribution in [0, 0.1) is 0 Å². The molecule has 2 amide bonds. The molecule has 0 saturated carbocycles. The number of amides is 2. The number of carbonyl (C=O) groups excluding carboxylic acids is 1. The van der Waals surface area contributed by atoms with Crippen molar-refractivity contribution >= 4 is 29.4 Å². The average molecular weight is 170 g/mol. The lowest BCUT2D eigenvalue weighted by molar-refractivity contribution is -0.131. The molecular formula is C5H2N2O5. The second kappa shape index (κ2) is 2.53. The van der Waals surface area contributed by atoms with Crippen LogP contribution in [-0.4, -0.2) is 39.6 Å². The van der Waals surface area contributed by atoms with E-state index < -0.39 is 29.4 Å². The molecule has 0 spiro atoms. The molecule has 1 aliphatic heterocycles. The molecule has 1 rings (SSSR count). The fourth-order valence-electron chi connectivity index (χ4n) is 0.620. The molecule has 62 valence electrons. The van der Waals surface area contributed by atoms with Crippen LogP contribution in [0.5, 0.6) is 0 Å². The van der Waals surface area contributed by atoms with E-state index in [9.17, 15) is 14.4 Å². The summed E-state index contributed by atoms with van der Waals surface area (Å²) in [5, 5.41) is 16.6. The van der Waals surface area contributed by atoms with Gasteiger partial charge in [-0.05, 0) is 0 Å². The lowest BCUT2D eigenvalue weighted by atomic mass is 10.2. The quantitative estimate of drug-likeness (QED) is 0.560. The Bertz CT molecular complexity index is 308. The van der Waals surface area contributed by atoms with Crippen LogP contribution in [0.25, 0.3) is 0 Å². The van der Waals surface area contributed by atoms with Crippen molar-refractivity contribution in [3.63, 3.8) is 0 Å². The van der Waals surface area contributed by atoms with Gasteiger partial charge in [0.25, 0.3) is 0 Å². The van der Waals surface area contributed by atoms with Crippen molar-refractivity contribution in [3.8, 4) is 0 Å². The van der Waals surface area contributed by atoms with Gasteiger partial charge in [-0.1, -0.05) is 0 Å². The van der Waals surface area contributed by atoms with Gasteiger partial charge in [0, 0.05) is 0 Å². The second-order valence-corrected chi connectivity index (χ2v) is 1.81. The van der Waals surface area contributed by atoms with Crippen LogP contribution in [0.1, 0.15) is 0 Å². The molecule has 0 radical (unpaired) electrons. The molecule has 7 heteroatoms. The Morgan fingerprint density at radius 1 is 1.00 bits per heavy atom. The van der Waals surface area contributed by atoms with Gasteiger partial charge in [-0.15, -0.1) is 0 Å². The standard InChI is InChI=1S/C5H2N2O5/c8-3(9)1-2(4(10)11)7-5(12)6-1/h(H,8,9)(H,10,11). The van der Waals surface area contributed by atoms with E-state index in [0.717, 1.165) is 0 Å². The van der Waals surface area contributed by atoms with Crippen molar-refractivity contribution in [2.24, 2.45) is 9.98 Å². The summed E-state index contributed by atoms with van der Waals surface area (Å²) in [4.78, 5) is 36.6. The molecule has 0 atom stereocenters. The molecule has 12 heavy (non-hydrogen) atoms. The molecule has 0 aromatic rings. The third-order valence-electron chi connectivity index (χ3n) is 1.04. The number of carbonyl (C=O) groups is 3. The van der Waals surface area contributed by atoms with Crippen LogP contribution in [0.2, 0.25) is 0 Å². The number of nitrogens with zero attached hydrogens (tertiary/aromatic N) is 2. The Balaban J connectivity index is 3.11. The number of carboxylic acids is 2. The summed E-state index contributed by atoms with van der Waals surface area (Å²) < 4.78 is 0. The largest absolute Gasteiger partial charge is 0.476 e. The number of aliphatic imine (C=N–C) groups is 2. The minimum absolute atomic E-state index is 0.826. The first-order valence-electron chi connectivity index (χ1n) is 2.70. The van der Waals surface area contributed by atoms with Gasteiger partial charge in [0.1, 0.15) is 0 Å². The molecule has 0 aromatic heterocycles. The monoisotopic (exact) mass is 170 g/mol. The molecule has 0 fully saturated rings. The van der Waals surface area contributed by atoms with Gasteiger partial charge in [-0.25, -0.2) is 14.4 Å². The normalized spacial score (nSPS) is 15.5. The van der Waals surface area contributed by atoms with E-state index in [-0.39, 0.29) is 0 Å². The number of carboxylic acid groups (broad SMARTS) is 2. The molecule has 0 aliphatic carbocycles. The number of hydrogen-bond donors (Lipinski definition) is 2. The van der Waals surface area contributed by atoms with Crippen LogP contribution in [-0.2, 0) is 9.59 Å². The van der Waals surface area contributed by atoms with E-state index in [1.165, 1.54) is 0 Å². The minimum Gasteiger partial charge on any atom is -0.476 e. The predicted octanol–water partition coefficient (Wildman–Crippen LogP) is -0.829. The average Bonchev–Trinajstić information content (AvgIpc) is 2.31. The van der Waals surface area contributed by atoms with E-state index in [2.05, 4.69) is 9.98 Å². The maximum absolute atomic E-state index is 10.4. The van der Waals surface area contributed by atoms with Crippen LogP contribution >= 0.6 is 0 Å². The molecule has 2 N–H and O–H groups in total. The van der Waals surface area contributed by atoms with Crippen molar-refractivity contribution in [1.29, 1.82) is 0 Å². The first-order valence-corrected chi connectivity index (χ1v) is 2.70. The summed E-state index contributed by atoms with van der Waals surface area (Å²) in [7, 11) is 0. The van der Waals surface area contributed by atoms with Crippen molar-refractivity contribution in [3.05, 3.63) is 0 Å². The van der Waals surface area contributed by atoms with Crippen LogP contribution in [0.4, 0.5) is 4.79 Å². The Kier molecular flexibility index (Phi) is 1.70. The number of hydrogen-bond acceptors (Lipinski definition) is 3. The topological polar surface area (TPSA) is 116 Å². The summed E-state index contributed by atoms with van der Waals surface area (Å²) >= 11 is 0. The summed E-state index contributed by atoms with van der Waals surface area (Å²) in [6, 6.07) is -1.11. The van der Waals surface area contributed by atoms with E-state index in [0.29, 0.717) is 0 Å². The van der Waals surface area contributed by atoms with Gasteiger partial charge in [-0.2, -0.15) is 9.98 Å².